The maximum absolute atomic E-state index is 11.7. The second kappa shape index (κ2) is 9.79. The molecule has 23 heavy (non-hydrogen) atoms. The van der Waals surface area contributed by atoms with E-state index < -0.39 is 0 Å². The summed E-state index contributed by atoms with van der Waals surface area (Å²) in [6.07, 6.45) is 0. The molecule has 1 amide bonds. The number of thioether (sulfide) groups is 1. The Morgan fingerprint density at radius 1 is 1.09 bits per heavy atom. The van der Waals surface area contributed by atoms with Crippen LogP contribution in [0.5, 0.6) is 11.5 Å². The summed E-state index contributed by atoms with van der Waals surface area (Å²) in [5, 5.41) is 2.85. The smallest absolute Gasteiger partial charge is 0.257 e. The first kappa shape index (κ1) is 17.2. The topological polar surface area (TPSA) is 47.6 Å². The van der Waals surface area contributed by atoms with E-state index in [2.05, 4.69) is 17.4 Å². The van der Waals surface area contributed by atoms with Crippen LogP contribution >= 0.6 is 11.8 Å². The van der Waals surface area contributed by atoms with Crippen LogP contribution in [0, 0.1) is 0 Å². The number of rotatable bonds is 9. The highest BCUT2D eigenvalue weighted by molar-refractivity contribution is 7.98. The summed E-state index contributed by atoms with van der Waals surface area (Å²) in [5.41, 5.74) is 1.30. The Bertz CT molecular complexity index is 604. The molecule has 1 N–H and O–H groups in total. The maximum atomic E-state index is 11.7. The van der Waals surface area contributed by atoms with Crippen molar-refractivity contribution in [3.8, 4) is 11.5 Å². The molecule has 0 saturated carbocycles. The van der Waals surface area contributed by atoms with Crippen LogP contribution in [0.3, 0.4) is 0 Å². The Morgan fingerprint density at radius 2 is 1.87 bits per heavy atom. The van der Waals surface area contributed by atoms with Gasteiger partial charge in [0.15, 0.2) is 6.61 Å². The second-order valence-electron chi connectivity index (χ2n) is 4.86. The van der Waals surface area contributed by atoms with Crippen LogP contribution < -0.4 is 14.8 Å². The van der Waals surface area contributed by atoms with Crippen molar-refractivity contribution in [2.24, 2.45) is 0 Å². The minimum Gasteiger partial charge on any atom is -0.497 e. The van der Waals surface area contributed by atoms with Gasteiger partial charge in [-0.1, -0.05) is 36.4 Å². The summed E-state index contributed by atoms with van der Waals surface area (Å²) in [4.78, 5) is 11.7. The average molecular weight is 331 g/mol. The lowest BCUT2D eigenvalue weighted by molar-refractivity contribution is -0.122. The fraction of sp³-hybridized carbons (Fsp3) is 0.278. The molecular weight excluding hydrogens is 310 g/mol. The van der Waals surface area contributed by atoms with Crippen LogP contribution in [-0.2, 0) is 10.5 Å². The van der Waals surface area contributed by atoms with Crippen LogP contribution in [0.4, 0.5) is 0 Å². The molecule has 2 rings (SSSR count). The summed E-state index contributed by atoms with van der Waals surface area (Å²) in [6, 6.07) is 17.5. The van der Waals surface area contributed by atoms with Crippen molar-refractivity contribution >= 4 is 17.7 Å². The summed E-state index contributed by atoms with van der Waals surface area (Å²) in [5.74, 6) is 3.04. The fourth-order valence-corrected chi connectivity index (χ4v) is 2.74. The minimum atomic E-state index is -0.117. The monoisotopic (exact) mass is 331 g/mol. The van der Waals surface area contributed by atoms with E-state index in [1.54, 1.807) is 31.0 Å². The van der Waals surface area contributed by atoms with E-state index >= 15 is 0 Å². The minimum absolute atomic E-state index is 0.0104. The van der Waals surface area contributed by atoms with Crippen LogP contribution in [0.2, 0.25) is 0 Å². The molecule has 122 valence electrons. The number of nitrogens with one attached hydrogen (secondary N) is 1. The third kappa shape index (κ3) is 6.65. The lowest BCUT2D eigenvalue weighted by Crippen LogP contribution is -2.30. The molecule has 0 bridgehead atoms. The van der Waals surface area contributed by atoms with Crippen molar-refractivity contribution in [2.45, 2.75) is 5.75 Å². The molecule has 0 heterocycles. The molecule has 0 aromatic heterocycles. The molecular formula is C18H21NO3S. The number of carbonyl (C=O) groups is 1. The van der Waals surface area contributed by atoms with E-state index in [0.29, 0.717) is 18.0 Å². The largest absolute Gasteiger partial charge is 0.497 e. The Morgan fingerprint density at radius 3 is 2.65 bits per heavy atom. The SMILES string of the molecule is COc1cccc(OCC(=O)NCCSCc2ccccc2)c1. The van der Waals surface area contributed by atoms with Gasteiger partial charge >= 0.3 is 0 Å². The zero-order valence-corrected chi connectivity index (χ0v) is 14.0. The molecule has 0 spiro atoms. The Balaban J connectivity index is 1.58. The first-order valence-corrected chi connectivity index (χ1v) is 8.58. The first-order valence-electron chi connectivity index (χ1n) is 7.43. The van der Waals surface area contributed by atoms with Crippen molar-refractivity contribution < 1.29 is 14.3 Å². The zero-order chi connectivity index (χ0) is 16.3. The normalized spacial score (nSPS) is 10.1. The van der Waals surface area contributed by atoms with E-state index in [1.165, 1.54) is 5.56 Å². The predicted octanol–water partition coefficient (Wildman–Crippen LogP) is 3.12. The zero-order valence-electron chi connectivity index (χ0n) is 13.2. The van der Waals surface area contributed by atoms with Crippen LogP contribution in [0.25, 0.3) is 0 Å². The van der Waals surface area contributed by atoms with E-state index in [9.17, 15) is 4.79 Å². The van der Waals surface area contributed by atoms with Crippen LogP contribution in [0.1, 0.15) is 5.56 Å². The van der Waals surface area contributed by atoms with Gasteiger partial charge in [0.1, 0.15) is 11.5 Å². The van der Waals surface area contributed by atoms with Gasteiger partial charge in [-0.25, -0.2) is 0 Å². The van der Waals surface area contributed by atoms with Gasteiger partial charge in [0, 0.05) is 24.1 Å². The number of carbonyl (C=O) groups excluding carboxylic acids is 1. The van der Waals surface area contributed by atoms with Gasteiger partial charge in [-0.3, -0.25) is 4.79 Å². The lowest BCUT2D eigenvalue weighted by Gasteiger charge is -2.08. The molecule has 0 aliphatic carbocycles. The van der Waals surface area contributed by atoms with Gasteiger partial charge in [0.2, 0.25) is 0 Å². The third-order valence-electron chi connectivity index (χ3n) is 3.09. The van der Waals surface area contributed by atoms with Crippen molar-refractivity contribution in [1.82, 2.24) is 5.32 Å². The molecule has 0 fully saturated rings. The lowest BCUT2D eigenvalue weighted by atomic mass is 10.2. The molecule has 0 aliphatic heterocycles. The summed E-state index contributed by atoms with van der Waals surface area (Å²) in [7, 11) is 1.60. The molecule has 2 aromatic rings. The Kier molecular flexibility index (Phi) is 7.33. The Labute approximate surface area is 141 Å². The maximum Gasteiger partial charge on any atom is 0.257 e. The number of hydrogen-bond donors (Lipinski definition) is 1. The number of amides is 1. The fourth-order valence-electron chi connectivity index (χ4n) is 1.92. The summed E-state index contributed by atoms with van der Waals surface area (Å²) in [6.45, 7) is 0.647. The molecule has 0 unspecified atom stereocenters. The van der Waals surface area contributed by atoms with Gasteiger partial charge < -0.3 is 14.8 Å². The van der Waals surface area contributed by atoms with Gasteiger partial charge in [-0.2, -0.15) is 11.8 Å². The van der Waals surface area contributed by atoms with Gasteiger partial charge in [-0.15, -0.1) is 0 Å². The van der Waals surface area contributed by atoms with Gasteiger partial charge in [0.05, 0.1) is 7.11 Å². The first-order chi connectivity index (χ1) is 11.3. The van der Waals surface area contributed by atoms with Crippen LogP contribution in [0.15, 0.2) is 54.6 Å². The second-order valence-corrected chi connectivity index (χ2v) is 5.96. The number of methoxy groups -OCH3 is 1. The van der Waals surface area contributed by atoms with Crippen molar-refractivity contribution in [3.63, 3.8) is 0 Å². The van der Waals surface area contributed by atoms with Crippen LogP contribution in [-0.4, -0.2) is 31.9 Å². The van der Waals surface area contributed by atoms with E-state index in [-0.39, 0.29) is 12.5 Å². The van der Waals surface area contributed by atoms with E-state index in [1.807, 2.05) is 30.3 Å². The third-order valence-corrected chi connectivity index (χ3v) is 4.12. The van der Waals surface area contributed by atoms with Gasteiger partial charge in [-0.05, 0) is 17.7 Å². The van der Waals surface area contributed by atoms with Crippen molar-refractivity contribution in [1.29, 1.82) is 0 Å². The highest BCUT2D eigenvalue weighted by Gasteiger charge is 2.03. The predicted molar refractivity (Wildman–Crippen MR) is 94.1 cm³/mol. The molecule has 2 aromatic carbocycles. The molecule has 4 nitrogen and oxygen atoms in total. The molecule has 0 aliphatic rings. The molecule has 5 heteroatoms. The average Bonchev–Trinajstić information content (AvgIpc) is 2.61. The molecule has 0 radical (unpaired) electrons. The molecule has 0 atom stereocenters. The standard InChI is InChI=1S/C18H21NO3S/c1-21-16-8-5-9-17(12-16)22-13-18(20)19-10-11-23-14-15-6-3-2-4-7-15/h2-9,12H,10-11,13-14H2,1H3,(H,19,20). The molecule has 0 saturated heterocycles. The number of ether oxygens (including phenoxy) is 2. The van der Waals surface area contributed by atoms with Crippen molar-refractivity contribution in [2.75, 3.05) is 26.0 Å². The highest BCUT2D eigenvalue weighted by Crippen LogP contribution is 2.18. The number of benzene rings is 2. The Hall–Kier alpha value is -2.14. The summed E-state index contributed by atoms with van der Waals surface area (Å²) >= 11 is 1.80. The quantitative estimate of drug-likeness (QED) is 0.717. The number of hydrogen-bond acceptors (Lipinski definition) is 4. The van der Waals surface area contributed by atoms with E-state index in [4.69, 9.17) is 9.47 Å². The summed E-state index contributed by atoms with van der Waals surface area (Å²) < 4.78 is 10.5. The highest BCUT2D eigenvalue weighted by atomic mass is 32.2. The van der Waals surface area contributed by atoms with E-state index in [0.717, 1.165) is 11.5 Å². The van der Waals surface area contributed by atoms with Crippen molar-refractivity contribution in [3.05, 3.63) is 60.2 Å². The van der Waals surface area contributed by atoms with Gasteiger partial charge in [0.25, 0.3) is 5.91 Å².